The van der Waals surface area contributed by atoms with Gasteiger partial charge in [0.2, 0.25) is 0 Å². The predicted octanol–water partition coefficient (Wildman–Crippen LogP) is 1.02. The van der Waals surface area contributed by atoms with Crippen LogP contribution in [0.15, 0.2) is 12.1 Å². The van der Waals surface area contributed by atoms with Gasteiger partial charge in [0.05, 0.1) is 17.7 Å². The summed E-state index contributed by atoms with van der Waals surface area (Å²) in [5.74, 6) is -2.00. The fourth-order valence-electron chi connectivity index (χ4n) is 1.12. The van der Waals surface area contributed by atoms with Crippen LogP contribution in [0.2, 0.25) is 5.02 Å². The average Bonchev–Trinajstić information content (AvgIpc) is 2.30. The zero-order chi connectivity index (χ0) is 14.8. The minimum atomic E-state index is -4.00. The lowest BCUT2D eigenvalue weighted by atomic mass is 10.2. The van der Waals surface area contributed by atoms with Crippen molar-refractivity contribution in [3.8, 4) is 5.75 Å². The number of hydrogen-bond donors (Lipinski definition) is 1. The Balaban J connectivity index is 3.12. The van der Waals surface area contributed by atoms with Gasteiger partial charge in [-0.25, -0.2) is 9.11 Å². The van der Waals surface area contributed by atoms with E-state index in [0.717, 1.165) is 16.4 Å². The monoisotopic (exact) mass is 310 g/mol. The number of nitrogens with zero attached hydrogens (tertiary/aromatic N) is 1. The van der Waals surface area contributed by atoms with Gasteiger partial charge in [-0.2, -0.15) is 12.7 Å². The molecule has 0 atom stereocenters. The molecule has 0 aliphatic rings. The molecule has 9 heteroatoms. The van der Waals surface area contributed by atoms with Crippen LogP contribution in [0.4, 0.5) is 4.39 Å². The van der Waals surface area contributed by atoms with Crippen LogP contribution in [0, 0.1) is 5.82 Å². The second kappa shape index (κ2) is 5.72. The molecule has 0 aliphatic carbocycles. The molecule has 0 heterocycles. The van der Waals surface area contributed by atoms with Gasteiger partial charge in [0.15, 0.2) is 0 Å². The number of methoxy groups -OCH3 is 1. The molecule has 0 radical (unpaired) electrons. The first-order valence-electron chi connectivity index (χ1n) is 4.96. The summed E-state index contributed by atoms with van der Waals surface area (Å²) in [5.41, 5.74) is -0.490. The third kappa shape index (κ3) is 3.55. The van der Waals surface area contributed by atoms with Crippen LogP contribution in [0.5, 0.6) is 5.75 Å². The fraction of sp³-hybridized carbons (Fsp3) is 0.300. The minimum Gasteiger partial charge on any atom is -0.495 e. The van der Waals surface area contributed by atoms with Crippen molar-refractivity contribution in [3.05, 3.63) is 28.5 Å². The molecule has 0 fully saturated rings. The second-order valence-corrected chi connectivity index (χ2v) is 5.98. The van der Waals surface area contributed by atoms with Crippen LogP contribution in [-0.4, -0.2) is 39.8 Å². The molecule has 1 aromatic rings. The molecule has 0 saturated carbocycles. The van der Waals surface area contributed by atoms with E-state index in [2.05, 4.69) is 0 Å². The van der Waals surface area contributed by atoms with Crippen molar-refractivity contribution in [2.75, 3.05) is 21.2 Å². The maximum absolute atomic E-state index is 13.6. The summed E-state index contributed by atoms with van der Waals surface area (Å²) in [6.07, 6.45) is 0. The average molecular weight is 311 g/mol. The highest BCUT2D eigenvalue weighted by Crippen LogP contribution is 2.27. The van der Waals surface area contributed by atoms with E-state index in [4.69, 9.17) is 16.3 Å². The molecule has 0 aromatic heterocycles. The number of nitrogens with one attached hydrogen (secondary N) is 1. The van der Waals surface area contributed by atoms with E-state index in [1.165, 1.54) is 21.2 Å². The zero-order valence-corrected chi connectivity index (χ0v) is 12.0. The predicted molar refractivity (Wildman–Crippen MR) is 68.0 cm³/mol. The van der Waals surface area contributed by atoms with Gasteiger partial charge in [-0.15, -0.1) is 0 Å². The number of carbonyl (C=O) groups excluding carboxylic acids is 1. The summed E-state index contributed by atoms with van der Waals surface area (Å²) < 4.78 is 43.8. The molecule has 0 saturated heterocycles. The second-order valence-electron chi connectivity index (χ2n) is 3.69. The van der Waals surface area contributed by atoms with Gasteiger partial charge in [-0.3, -0.25) is 4.79 Å². The summed E-state index contributed by atoms with van der Waals surface area (Å²) in [6.45, 7) is 0. The Morgan fingerprint density at radius 1 is 1.42 bits per heavy atom. The van der Waals surface area contributed by atoms with E-state index in [1.807, 2.05) is 0 Å². The molecule has 1 amide bonds. The van der Waals surface area contributed by atoms with Gasteiger partial charge in [0, 0.05) is 20.2 Å². The van der Waals surface area contributed by atoms with E-state index in [0.29, 0.717) is 0 Å². The van der Waals surface area contributed by atoms with E-state index < -0.39 is 27.5 Å². The third-order valence-corrected chi connectivity index (χ3v) is 3.89. The number of carbonyl (C=O) groups is 1. The highest BCUT2D eigenvalue weighted by molar-refractivity contribution is 7.87. The van der Waals surface area contributed by atoms with Crippen LogP contribution in [0.25, 0.3) is 0 Å². The first-order chi connectivity index (χ1) is 8.69. The molecule has 0 aliphatic heterocycles. The largest absolute Gasteiger partial charge is 0.495 e. The zero-order valence-electron chi connectivity index (χ0n) is 10.4. The Morgan fingerprint density at radius 3 is 2.47 bits per heavy atom. The van der Waals surface area contributed by atoms with E-state index in [-0.39, 0.29) is 10.8 Å². The van der Waals surface area contributed by atoms with Gasteiger partial charge in [-0.1, -0.05) is 11.6 Å². The maximum atomic E-state index is 13.6. The highest BCUT2D eigenvalue weighted by atomic mass is 35.5. The molecule has 0 bridgehead atoms. The van der Waals surface area contributed by atoms with E-state index in [9.17, 15) is 17.6 Å². The summed E-state index contributed by atoms with van der Waals surface area (Å²) in [4.78, 5) is 11.7. The van der Waals surface area contributed by atoms with Crippen molar-refractivity contribution >= 4 is 27.7 Å². The van der Waals surface area contributed by atoms with Crippen molar-refractivity contribution in [1.29, 1.82) is 0 Å². The first kappa shape index (κ1) is 15.7. The molecule has 1 N–H and O–H groups in total. The maximum Gasteiger partial charge on any atom is 0.303 e. The first-order valence-corrected chi connectivity index (χ1v) is 6.78. The molecule has 1 aromatic carbocycles. The standard InChI is InChI=1S/C10H12ClFN2O4S/c1-14(2)19(16,17)13-10(15)6-4-7(11)9(18-3)5-8(6)12/h4-5H,1-3H3,(H,13,15). The van der Waals surface area contributed by atoms with Crippen LogP contribution in [0.3, 0.4) is 0 Å². The molecule has 1 rings (SSSR count). The molecule has 0 unspecified atom stereocenters. The number of amides is 1. The van der Waals surface area contributed by atoms with Crippen molar-refractivity contribution in [3.63, 3.8) is 0 Å². The van der Waals surface area contributed by atoms with Gasteiger partial charge < -0.3 is 4.74 Å². The Hall–Kier alpha value is -1.38. The van der Waals surface area contributed by atoms with Crippen molar-refractivity contribution in [2.24, 2.45) is 0 Å². The summed E-state index contributed by atoms with van der Waals surface area (Å²) in [5, 5.41) is -0.00342. The van der Waals surface area contributed by atoms with E-state index >= 15 is 0 Å². The SMILES string of the molecule is COc1cc(F)c(C(=O)NS(=O)(=O)N(C)C)cc1Cl. The number of ether oxygens (including phenoxy) is 1. The topological polar surface area (TPSA) is 75.7 Å². The number of benzene rings is 1. The van der Waals surface area contributed by atoms with Gasteiger partial charge in [0.25, 0.3) is 5.91 Å². The normalized spacial score (nSPS) is 11.5. The molecule has 19 heavy (non-hydrogen) atoms. The Kier molecular flexibility index (Phi) is 4.72. The lowest BCUT2D eigenvalue weighted by Gasteiger charge is -2.13. The number of rotatable bonds is 4. The van der Waals surface area contributed by atoms with Crippen LogP contribution in [-0.2, 0) is 10.2 Å². The van der Waals surface area contributed by atoms with Crippen molar-refractivity contribution < 1.29 is 22.3 Å². The summed E-state index contributed by atoms with van der Waals surface area (Å²) in [7, 11) is -0.251. The number of hydrogen-bond acceptors (Lipinski definition) is 4. The van der Waals surface area contributed by atoms with Crippen LogP contribution in [0.1, 0.15) is 10.4 Å². The fourth-order valence-corrected chi connectivity index (χ4v) is 1.89. The van der Waals surface area contributed by atoms with Crippen LogP contribution >= 0.6 is 11.6 Å². The number of halogens is 2. The van der Waals surface area contributed by atoms with Crippen molar-refractivity contribution in [1.82, 2.24) is 9.03 Å². The highest BCUT2D eigenvalue weighted by Gasteiger charge is 2.22. The molecule has 0 spiro atoms. The lowest BCUT2D eigenvalue weighted by Crippen LogP contribution is -2.39. The molecular formula is C10H12ClFN2O4S. The van der Waals surface area contributed by atoms with Gasteiger partial charge in [-0.05, 0) is 6.07 Å². The Bertz CT molecular complexity index is 604. The molecular weight excluding hydrogens is 299 g/mol. The Labute approximate surface area is 115 Å². The summed E-state index contributed by atoms with van der Waals surface area (Å²) >= 11 is 5.75. The smallest absolute Gasteiger partial charge is 0.303 e. The third-order valence-electron chi connectivity index (χ3n) is 2.19. The Morgan fingerprint density at radius 2 is 2.00 bits per heavy atom. The summed E-state index contributed by atoms with van der Waals surface area (Å²) in [6, 6.07) is 1.90. The van der Waals surface area contributed by atoms with Gasteiger partial charge in [0.1, 0.15) is 11.6 Å². The lowest BCUT2D eigenvalue weighted by molar-refractivity contribution is 0.0975. The quantitative estimate of drug-likeness (QED) is 0.901. The minimum absolute atomic E-state index is 0.00342. The van der Waals surface area contributed by atoms with E-state index in [1.54, 1.807) is 4.72 Å². The van der Waals surface area contributed by atoms with Crippen LogP contribution < -0.4 is 9.46 Å². The molecule has 106 valence electrons. The molecule has 6 nitrogen and oxygen atoms in total. The van der Waals surface area contributed by atoms with Crippen molar-refractivity contribution in [2.45, 2.75) is 0 Å². The van der Waals surface area contributed by atoms with Gasteiger partial charge >= 0.3 is 10.2 Å².